The fourth-order valence-corrected chi connectivity index (χ4v) is 2.08. The van der Waals surface area contributed by atoms with E-state index in [1.807, 2.05) is 0 Å². The summed E-state index contributed by atoms with van der Waals surface area (Å²) in [6.45, 7) is 9.42. The molecule has 0 fully saturated rings. The SMILES string of the molecule is CCN(CC)CCNC(=O)c1c(Cl)c(C)nn1C. The molecule has 0 unspecified atom stereocenters. The molecule has 1 rings (SSSR count). The minimum atomic E-state index is -0.171. The Labute approximate surface area is 113 Å². The first-order valence-corrected chi connectivity index (χ1v) is 6.58. The molecule has 5 nitrogen and oxygen atoms in total. The zero-order valence-corrected chi connectivity index (χ0v) is 12.2. The smallest absolute Gasteiger partial charge is 0.271 e. The van der Waals surface area contributed by atoms with E-state index in [-0.39, 0.29) is 5.91 Å². The number of aryl methyl sites for hydroxylation is 2. The number of carbonyl (C=O) groups excluding carboxylic acids is 1. The molecule has 102 valence electrons. The van der Waals surface area contributed by atoms with E-state index in [1.165, 1.54) is 4.68 Å². The molecule has 0 spiro atoms. The van der Waals surface area contributed by atoms with Crippen LogP contribution in [0.1, 0.15) is 30.0 Å². The summed E-state index contributed by atoms with van der Waals surface area (Å²) in [6, 6.07) is 0. The first kappa shape index (κ1) is 15.0. The number of likely N-dealkylation sites (N-methyl/N-ethyl adjacent to an activating group) is 1. The summed E-state index contributed by atoms with van der Waals surface area (Å²) < 4.78 is 1.52. The van der Waals surface area contributed by atoms with E-state index in [1.54, 1.807) is 14.0 Å². The van der Waals surface area contributed by atoms with E-state index in [0.717, 1.165) is 19.6 Å². The van der Waals surface area contributed by atoms with Gasteiger partial charge in [0, 0.05) is 20.1 Å². The van der Waals surface area contributed by atoms with Crippen LogP contribution in [0.4, 0.5) is 0 Å². The molecule has 0 radical (unpaired) electrons. The van der Waals surface area contributed by atoms with Crippen LogP contribution in [0.25, 0.3) is 0 Å². The second-order valence-electron chi connectivity index (χ2n) is 4.15. The third-order valence-electron chi connectivity index (χ3n) is 2.97. The van der Waals surface area contributed by atoms with Crippen molar-refractivity contribution in [1.29, 1.82) is 0 Å². The summed E-state index contributed by atoms with van der Waals surface area (Å²) in [5.74, 6) is -0.171. The average Bonchev–Trinajstić information content (AvgIpc) is 2.59. The number of nitrogens with one attached hydrogen (secondary N) is 1. The van der Waals surface area contributed by atoms with Gasteiger partial charge in [0.2, 0.25) is 0 Å². The number of amides is 1. The van der Waals surface area contributed by atoms with Crippen molar-refractivity contribution in [2.45, 2.75) is 20.8 Å². The van der Waals surface area contributed by atoms with Crippen LogP contribution < -0.4 is 5.32 Å². The number of hydrogen-bond acceptors (Lipinski definition) is 3. The lowest BCUT2D eigenvalue weighted by atomic mass is 10.3. The number of rotatable bonds is 6. The van der Waals surface area contributed by atoms with Crippen molar-refractivity contribution in [2.24, 2.45) is 7.05 Å². The van der Waals surface area contributed by atoms with Crippen molar-refractivity contribution in [1.82, 2.24) is 20.0 Å². The predicted molar refractivity (Wildman–Crippen MR) is 73.1 cm³/mol. The molecule has 0 aromatic carbocycles. The standard InChI is InChI=1S/C12H21ClN4O/c1-5-17(6-2)8-7-14-12(18)11-10(13)9(3)15-16(11)4/h5-8H2,1-4H3,(H,14,18). The van der Waals surface area contributed by atoms with Crippen LogP contribution in [0.2, 0.25) is 5.02 Å². The highest BCUT2D eigenvalue weighted by Crippen LogP contribution is 2.18. The lowest BCUT2D eigenvalue weighted by Gasteiger charge is -2.17. The second-order valence-corrected chi connectivity index (χ2v) is 4.53. The minimum Gasteiger partial charge on any atom is -0.349 e. The lowest BCUT2D eigenvalue weighted by Crippen LogP contribution is -2.35. The molecule has 1 heterocycles. The molecular weight excluding hydrogens is 252 g/mol. The summed E-state index contributed by atoms with van der Waals surface area (Å²) >= 11 is 6.05. The quantitative estimate of drug-likeness (QED) is 0.853. The summed E-state index contributed by atoms with van der Waals surface area (Å²) in [6.07, 6.45) is 0. The van der Waals surface area contributed by atoms with Crippen molar-refractivity contribution in [3.8, 4) is 0 Å². The molecule has 1 N–H and O–H groups in total. The molecule has 6 heteroatoms. The van der Waals surface area contributed by atoms with Gasteiger partial charge >= 0.3 is 0 Å². The third kappa shape index (κ3) is 3.46. The van der Waals surface area contributed by atoms with E-state index in [0.29, 0.717) is 23.0 Å². The van der Waals surface area contributed by atoms with E-state index >= 15 is 0 Å². The number of carbonyl (C=O) groups is 1. The monoisotopic (exact) mass is 272 g/mol. The molecular formula is C12H21ClN4O. The van der Waals surface area contributed by atoms with Gasteiger partial charge in [0.15, 0.2) is 0 Å². The highest BCUT2D eigenvalue weighted by Gasteiger charge is 2.18. The Bertz CT molecular complexity index is 412. The molecule has 1 aromatic rings. The Morgan fingerprint density at radius 1 is 1.44 bits per heavy atom. The van der Waals surface area contributed by atoms with Crippen LogP contribution in [-0.4, -0.2) is 46.8 Å². The van der Waals surface area contributed by atoms with E-state index in [4.69, 9.17) is 11.6 Å². The van der Waals surface area contributed by atoms with Gasteiger partial charge in [0.05, 0.1) is 10.7 Å². The fraction of sp³-hybridized carbons (Fsp3) is 0.667. The minimum absolute atomic E-state index is 0.171. The molecule has 1 amide bonds. The van der Waals surface area contributed by atoms with E-state index in [2.05, 4.69) is 29.2 Å². The van der Waals surface area contributed by atoms with Crippen molar-refractivity contribution >= 4 is 17.5 Å². The molecule has 0 aliphatic heterocycles. The van der Waals surface area contributed by atoms with Gasteiger partial charge in [-0.3, -0.25) is 9.48 Å². The highest BCUT2D eigenvalue weighted by molar-refractivity contribution is 6.34. The Kier molecular flexibility index (Phi) is 5.62. The number of aromatic nitrogens is 2. The summed E-state index contributed by atoms with van der Waals surface area (Å²) in [7, 11) is 1.72. The Morgan fingerprint density at radius 3 is 2.50 bits per heavy atom. The summed E-state index contributed by atoms with van der Waals surface area (Å²) in [5.41, 5.74) is 1.10. The second kappa shape index (κ2) is 6.75. The van der Waals surface area contributed by atoms with Crippen molar-refractivity contribution < 1.29 is 4.79 Å². The van der Waals surface area contributed by atoms with Gasteiger partial charge in [-0.25, -0.2) is 0 Å². The van der Waals surface area contributed by atoms with Gasteiger partial charge in [-0.15, -0.1) is 0 Å². The number of hydrogen-bond donors (Lipinski definition) is 1. The van der Waals surface area contributed by atoms with E-state index < -0.39 is 0 Å². The predicted octanol–water partition coefficient (Wildman–Crippen LogP) is 1.45. The van der Waals surface area contributed by atoms with Crippen molar-refractivity contribution in [2.75, 3.05) is 26.2 Å². The number of halogens is 1. The lowest BCUT2D eigenvalue weighted by molar-refractivity contribution is 0.0939. The molecule has 0 bridgehead atoms. The maximum atomic E-state index is 12.0. The largest absolute Gasteiger partial charge is 0.349 e. The van der Waals surface area contributed by atoms with Gasteiger partial charge < -0.3 is 10.2 Å². The molecule has 1 aromatic heterocycles. The molecule has 0 saturated carbocycles. The van der Waals surface area contributed by atoms with Gasteiger partial charge in [-0.1, -0.05) is 25.4 Å². The zero-order valence-electron chi connectivity index (χ0n) is 11.5. The highest BCUT2D eigenvalue weighted by atomic mass is 35.5. The van der Waals surface area contributed by atoms with Crippen LogP contribution in [0.5, 0.6) is 0 Å². The fourth-order valence-electron chi connectivity index (χ4n) is 1.83. The first-order chi connectivity index (χ1) is 8.51. The van der Waals surface area contributed by atoms with Crippen LogP contribution in [0, 0.1) is 6.92 Å². The van der Waals surface area contributed by atoms with E-state index in [9.17, 15) is 4.79 Å². The van der Waals surface area contributed by atoms with Gasteiger partial charge in [-0.05, 0) is 20.0 Å². The molecule has 0 atom stereocenters. The van der Waals surface area contributed by atoms with Crippen LogP contribution >= 0.6 is 11.6 Å². The van der Waals surface area contributed by atoms with Crippen LogP contribution in [0.3, 0.4) is 0 Å². The topological polar surface area (TPSA) is 50.2 Å². The summed E-state index contributed by atoms with van der Waals surface area (Å²) in [4.78, 5) is 14.2. The van der Waals surface area contributed by atoms with Gasteiger partial charge in [-0.2, -0.15) is 5.10 Å². The average molecular weight is 273 g/mol. The Morgan fingerprint density at radius 2 is 2.06 bits per heavy atom. The first-order valence-electron chi connectivity index (χ1n) is 6.20. The maximum absolute atomic E-state index is 12.0. The maximum Gasteiger partial charge on any atom is 0.271 e. The van der Waals surface area contributed by atoms with Crippen molar-refractivity contribution in [3.63, 3.8) is 0 Å². The molecule has 18 heavy (non-hydrogen) atoms. The third-order valence-corrected chi connectivity index (χ3v) is 3.42. The molecule has 0 aliphatic carbocycles. The molecule has 0 aliphatic rings. The Hall–Kier alpha value is -1.07. The zero-order chi connectivity index (χ0) is 13.7. The van der Waals surface area contributed by atoms with Crippen LogP contribution in [-0.2, 0) is 7.05 Å². The Balaban J connectivity index is 2.56. The molecule has 0 saturated heterocycles. The van der Waals surface area contributed by atoms with Gasteiger partial charge in [0.1, 0.15) is 5.69 Å². The number of nitrogens with zero attached hydrogens (tertiary/aromatic N) is 3. The normalized spacial score (nSPS) is 11.0. The van der Waals surface area contributed by atoms with Crippen molar-refractivity contribution in [3.05, 3.63) is 16.4 Å². The van der Waals surface area contributed by atoms with Gasteiger partial charge in [0.25, 0.3) is 5.91 Å². The van der Waals surface area contributed by atoms with Crippen LogP contribution in [0.15, 0.2) is 0 Å². The summed E-state index contributed by atoms with van der Waals surface area (Å²) in [5, 5.41) is 7.42.